The number of hydrogen-bond donors (Lipinski definition) is 3. The first-order valence-corrected chi connectivity index (χ1v) is 9.36. The van der Waals surface area contributed by atoms with Gasteiger partial charge in [-0.3, -0.25) is 9.59 Å². The Balaban J connectivity index is 1.93. The summed E-state index contributed by atoms with van der Waals surface area (Å²) >= 11 is 6.15. The lowest BCUT2D eigenvalue weighted by Gasteiger charge is -2.12. The van der Waals surface area contributed by atoms with E-state index in [0.717, 1.165) is 12.1 Å². The van der Waals surface area contributed by atoms with Crippen molar-refractivity contribution in [3.05, 3.63) is 60.1 Å². The smallest absolute Gasteiger partial charge is 0.243 e. The van der Waals surface area contributed by atoms with Crippen molar-refractivity contribution in [3.8, 4) is 5.75 Å². The number of amides is 2. The first-order valence-electron chi connectivity index (χ1n) is 8.98. The highest BCUT2D eigenvalue weighted by Gasteiger charge is 2.09. The van der Waals surface area contributed by atoms with Crippen LogP contribution in [0.5, 0.6) is 5.75 Å². The SMILES string of the molecule is C=CCOc1cccc(NCC(=O)Nc2cc(NC(=O)CCC)ccc2Cl)c1. The van der Waals surface area contributed by atoms with Gasteiger partial charge in [-0.25, -0.2) is 0 Å². The number of ether oxygens (including phenoxy) is 1. The number of carbonyl (C=O) groups excluding carboxylic acids is 2. The largest absolute Gasteiger partial charge is 0.489 e. The van der Waals surface area contributed by atoms with E-state index in [9.17, 15) is 9.59 Å². The third-order valence-corrected chi connectivity index (χ3v) is 3.99. The standard InChI is InChI=1S/C21H24ClN3O3/c1-3-6-20(26)24-16-9-10-18(22)19(13-16)25-21(27)14-23-15-7-5-8-17(12-15)28-11-4-2/h4-5,7-10,12-13,23H,2-3,6,11,14H2,1H3,(H,24,26)(H,25,27). The van der Waals surface area contributed by atoms with Crippen LogP contribution >= 0.6 is 11.6 Å². The monoisotopic (exact) mass is 401 g/mol. The minimum absolute atomic E-state index is 0.0493. The molecule has 0 aliphatic carbocycles. The van der Waals surface area contributed by atoms with Crippen molar-refractivity contribution in [2.24, 2.45) is 0 Å². The third-order valence-electron chi connectivity index (χ3n) is 3.66. The topological polar surface area (TPSA) is 79.5 Å². The average Bonchev–Trinajstić information content (AvgIpc) is 2.68. The molecule has 28 heavy (non-hydrogen) atoms. The van der Waals surface area contributed by atoms with Crippen molar-refractivity contribution >= 4 is 40.5 Å². The highest BCUT2D eigenvalue weighted by molar-refractivity contribution is 6.33. The lowest BCUT2D eigenvalue weighted by molar-refractivity contribution is -0.116. The molecule has 2 aromatic rings. The zero-order valence-corrected chi connectivity index (χ0v) is 16.5. The van der Waals surface area contributed by atoms with E-state index in [-0.39, 0.29) is 18.4 Å². The van der Waals surface area contributed by atoms with Crippen molar-refractivity contribution < 1.29 is 14.3 Å². The number of hydrogen-bond acceptors (Lipinski definition) is 4. The van der Waals surface area contributed by atoms with Crippen LogP contribution in [0, 0.1) is 0 Å². The quantitative estimate of drug-likeness (QED) is 0.504. The van der Waals surface area contributed by atoms with Crippen LogP contribution in [0.25, 0.3) is 0 Å². The van der Waals surface area contributed by atoms with E-state index in [1.807, 2.05) is 25.1 Å². The first-order chi connectivity index (χ1) is 13.5. The van der Waals surface area contributed by atoms with E-state index in [2.05, 4.69) is 22.5 Å². The van der Waals surface area contributed by atoms with E-state index < -0.39 is 0 Å². The number of anilines is 3. The first kappa shape index (κ1) is 21.3. The van der Waals surface area contributed by atoms with Gasteiger partial charge in [0.15, 0.2) is 0 Å². The molecule has 6 nitrogen and oxygen atoms in total. The van der Waals surface area contributed by atoms with Gasteiger partial charge in [-0.05, 0) is 36.8 Å². The minimum atomic E-state index is -0.267. The highest BCUT2D eigenvalue weighted by Crippen LogP contribution is 2.26. The molecule has 2 rings (SSSR count). The molecule has 148 valence electrons. The summed E-state index contributed by atoms with van der Waals surface area (Å²) in [5.41, 5.74) is 1.77. The van der Waals surface area contributed by atoms with Gasteiger partial charge in [-0.15, -0.1) is 0 Å². The van der Waals surface area contributed by atoms with Crippen LogP contribution in [0.4, 0.5) is 17.1 Å². The Kier molecular flexibility index (Phi) is 8.37. The zero-order valence-electron chi connectivity index (χ0n) is 15.8. The van der Waals surface area contributed by atoms with E-state index in [4.69, 9.17) is 16.3 Å². The highest BCUT2D eigenvalue weighted by atomic mass is 35.5. The Morgan fingerprint density at radius 3 is 2.68 bits per heavy atom. The number of rotatable bonds is 10. The maximum absolute atomic E-state index is 12.3. The lowest BCUT2D eigenvalue weighted by atomic mass is 10.2. The fraction of sp³-hybridized carbons (Fsp3) is 0.238. The van der Waals surface area contributed by atoms with E-state index >= 15 is 0 Å². The second-order valence-electron chi connectivity index (χ2n) is 6.02. The molecule has 0 spiro atoms. The zero-order chi connectivity index (χ0) is 20.4. The molecule has 0 aromatic heterocycles. The van der Waals surface area contributed by atoms with Crippen LogP contribution in [0.1, 0.15) is 19.8 Å². The Labute approximate surface area is 169 Å². The molecule has 0 heterocycles. The van der Waals surface area contributed by atoms with Gasteiger partial charge in [0.2, 0.25) is 11.8 Å². The number of carbonyl (C=O) groups is 2. The molecule has 2 amide bonds. The molecule has 0 fully saturated rings. The fourth-order valence-electron chi connectivity index (χ4n) is 2.38. The maximum Gasteiger partial charge on any atom is 0.243 e. The Hall–Kier alpha value is -2.99. The van der Waals surface area contributed by atoms with Crippen LogP contribution in [0.15, 0.2) is 55.1 Å². The van der Waals surface area contributed by atoms with Crippen LogP contribution in [-0.2, 0) is 9.59 Å². The van der Waals surface area contributed by atoms with Gasteiger partial charge in [0, 0.05) is 23.9 Å². The summed E-state index contributed by atoms with van der Waals surface area (Å²) in [5.74, 6) is 0.336. The average molecular weight is 402 g/mol. The summed E-state index contributed by atoms with van der Waals surface area (Å²) < 4.78 is 5.47. The van der Waals surface area contributed by atoms with Crippen LogP contribution in [0.3, 0.4) is 0 Å². The molecule has 0 aliphatic rings. The predicted octanol–water partition coefficient (Wildman–Crippen LogP) is 4.69. The van der Waals surface area contributed by atoms with Gasteiger partial charge < -0.3 is 20.7 Å². The maximum atomic E-state index is 12.3. The molecule has 7 heteroatoms. The molecule has 0 aliphatic heterocycles. The van der Waals surface area contributed by atoms with Crippen molar-refractivity contribution in [1.82, 2.24) is 0 Å². The summed E-state index contributed by atoms with van der Waals surface area (Å²) in [6, 6.07) is 12.3. The molecule has 0 radical (unpaired) electrons. The second-order valence-corrected chi connectivity index (χ2v) is 6.43. The normalized spacial score (nSPS) is 10.1. The molecule has 3 N–H and O–H groups in total. The summed E-state index contributed by atoms with van der Waals surface area (Å²) in [7, 11) is 0. The molecular weight excluding hydrogens is 378 g/mol. The number of nitrogens with one attached hydrogen (secondary N) is 3. The third kappa shape index (κ3) is 6.96. The lowest BCUT2D eigenvalue weighted by Crippen LogP contribution is -2.22. The molecule has 0 bridgehead atoms. The summed E-state index contributed by atoms with van der Waals surface area (Å²) in [6.07, 6.45) is 2.86. The van der Waals surface area contributed by atoms with Gasteiger partial charge >= 0.3 is 0 Å². The van der Waals surface area contributed by atoms with Gasteiger partial charge in [0.05, 0.1) is 17.3 Å². The molecule has 0 atom stereocenters. The van der Waals surface area contributed by atoms with Crippen LogP contribution < -0.4 is 20.7 Å². The van der Waals surface area contributed by atoms with Gasteiger partial charge in [0.25, 0.3) is 0 Å². The van der Waals surface area contributed by atoms with Crippen molar-refractivity contribution in [3.63, 3.8) is 0 Å². The molecule has 0 saturated heterocycles. The van der Waals surface area contributed by atoms with Crippen molar-refractivity contribution in [2.75, 3.05) is 29.1 Å². The van der Waals surface area contributed by atoms with Crippen LogP contribution in [-0.4, -0.2) is 25.0 Å². The predicted molar refractivity (Wildman–Crippen MR) is 114 cm³/mol. The number of halogens is 1. The summed E-state index contributed by atoms with van der Waals surface area (Å²) in [4.78, 5) is 24.0. The van der Waals surface area contributed by atoms with Crippen molar-refractivity contribution in [2.45, 2.75) is 19.8 Å². The summed E-state index contributed by atoms with van der Waals surface area (Å²) in [5, 5.41) is 8.95. The second kappa shape index (κ2) is 11.0. The molecular formula is C21H24ClN3O3. The van der Waals surface area contributed by atoms with Gasteiger partial charge in [-0.2, -0.15) is 0 Å². The minimum Gasteiger partial charge on any atom is -0.489 e. The molecule has 0 saturated carbocycles. The van der Waals surface area contributed by atoms with Gasteiger partial charge in [-0.1, -0.05) is 37.2 Å². The van der Waals surface area contributed by atoms with E-state index in [1.54, 1.807) is 30.3 Å². The number of benzene rings is 2. The molecule has 0 unspecified atom stereocenters. The Bertz CT molecular complexity index is 839. The van der Waals surface area contributed by atoms with Crippen LogP contribution in [0.2, 0.25) is 5.02 Å². The van der Waals surface area contributed by atoms with E-state index in [1.165, 1.54) is 0 Å². The Morgan fingerprint density at radius 2 is 1.93 bits per heavy atom. The Morgan fingerprint density at radius 1 is 1.11 bits per heavy atom. The van der Waals surface area contributed by atoms with Gasteiger partial charge in [0.1, 0.15) is 12.4 Å². The molecule has 2 aromatic carbocycles. The van der Waals surface area contributed by atoms with Crippen molar-refractivity contribution in [1.29, 1.82) is 0 Å². The van der Waals surface area contributed by atoms with E-state index in [0.29, 0.717) is 35.2 Å². The fourth-order valence-corrected chi connectivity index (χ4v) is 2.54. The summed E-state index contributed by atoms with van der Waals surface area (Å²) in [6.45, 7) is 6.00.